The van der Waals surface area contributed by atoms with E-state index in [9.17, 15) is 8.42 Å². The Labute approximate surface area is 170 Å². The van der Waals surface area contributed by atoms with Crippen molar-refractivity contribution in [1.82, 2.24) is 15.0 Å². The number of benzene rings is 3. The molecule has 29 heavy (non-hydrogen) atoms. The van der Waals surface area contributed by atoms with Crippen LogP contribution in [0.1, 0.15) is 31.0 Å². The lowest BCUT2D eigenvalue weighted by Gasteiger charge is -2.09. The minimum atomic E-state index is -3.50. The topological polar surface area (TPSA) is 64.8 Å². The van der Waals surface area contributed by atoms with Crippen LogP contribution in [0.15, 0.2) is 77.8 Å². The summed E-state index contributed by atoms with van der Waals surface area (Å²) >= 11 is 0. The summed E-state index contributed by atoms with van der Waals surface area (Å²) in [6.07, 6.45) is 4.88. The molecule has 0 saturated carbocycles. The average Bonchev–Trinajstić information content (AvgIpc) is 3.21. The van der Waals surface area contributed by atoms with E-state index in [0.29, 0.717) is 5.69 Å². The van der Waals surface area contributed by atoms with Crippen molar-refractivity contribution in [3.63, 3.8) is 0 Å². The zero-order valence-electron chi connectivity index (χ0n) is 16.3. The lowest BCUT2D eigenvalue weighted by atomic mass is 10.1. The van der Waals surface area contributed by atoms with Gasteiger partial charge in [-0.05, 0) is 47.4 Å². The predicted octanol–water partition coefficient (Wildman–Crippen LogP) is 4.74. The quantitative estimate of drug-likeness (QED) is 0.446. The predicted molar refractivity (Wildman–Crippen MR) is 115 cm³/mol. The monoisotopic (exact) mass is 405 g/mol. The maximum absolute atomic E-state index is 13.1. The van der Waals surface area contributed by atoms with Crippen LogP contribution in [0.2, 0.25) is 0 Å². The fourth-order valence-corrected chi connectivity index (χ4v) is 4.84. The van der Waals surface area contributed by atoms with Crippen molar-refractivity contribution in [2.45, 2.75) is 36.8 Å². The van der Waals surface area contributed by atoms with Gasteiger partial charge in [-0.1, -0.05) is 67.1 Å². The molecule has 5 nitrogen and oxygen atoms in total. The van der Waals surface area contributed by atoms with Gasteiger partial charge in [0.05, 0.1) is 28.2 Å². The normalized spacial score (nSPS) is 11.8. The molecule has 0 saturated heterocycles. The van der Waals surface area contributed by atoms with Gasteiger partial charge < -0.3 is 0 Å². The fraction of sp³-hybridized carbons (Fsp3) is 0.217. The number of aromatic nitrogens is 3. The molecule has 4 rings (SSSR count). The lowest BCUT2D eigenvalue weighted by molar-refractivity contribution is 0.595. The van der Waals surface area contributed by atoms with Crippen molar-refractivity contribution in [2.75, 3.05) is 0 Å². The van der Waals surface area contributed by atoms with E-state index in [-0.39, 0.29) is 10.6 Å². The van der Waals surface area contributed by atoms with Crippen LogP contribution >= 0.6 is 0 Å². The maximum atomic E-state index is 13.1. The van der Waals surface area contributed by atoms with Gasteiger partial charge in [0.25, 0.3) is 0 Å². The Kier molecular flexibility index (Phi) is 5.45. The molecule has 0 bridgehead atoms. The summed E-state index contributed by atoms with van der Waals surface area (Å²) in [5.41, 5.74) is 2.41. The molecule has 4 aromatic rings. The van der Waals surface area contributed by atoms with Crippen LogP contribution in [0.4, 0.5) is 0 Å². The Balaban J connectivity index is 1.64. The summed E-state index contributed by atoms with van der Waals surface area (Å²) in [6.45, 7) is 2.13. The molecule has 0 fully saturated rings. The highest BCUT2D eigenvalue weighted by molar-refractivity contribution is 7.90. The second-order valence-corrected chi connectivity index (χ2v) is 9.14. The van der Waals surface area contributed by atoms with Gasteiger partial charge >= 0.3 is 0 Å². The Morgan fingerprint density at radius 1 is 0.966 bits per heavy atom. The summed E-state index contributed by atoms with van der Waals surface area (Å²) in [5, 5.41) is 10.3. The van der Waals surface area contributed by atoms with Crippen LogP contribution in [0.25, 0.3) is 16.5 Å². The highest BCUT2D eigenvalue weighted by atomic mass is 32.2. The summed E-state index contributed by atoms with van der Waals surface area (Å²) in [7, 11) is -3.50. The van der Waals surface area contributed by atoms with Crippen molar-refractivity contribution in [3.8, 4) is 5.69 Å². The molecule has 0 spiro atoms. The summed E-state index contributed by atoms with van der Waals surface area (Å²) in [6, 6.07) is 20.5. The first-order chi connectivity index (χ1) is 14.1. The van der Waals surface area contributed by atoms with E-state index < -0.39 is 9.84 Å². The Hall–Kier alpha value is -2.99. The fourth-order valence-electron chi connectivity index (χ4n) is 3.42. The molecule has 0 aliphatic heterocycles. The van der Waals surface area contributed by atoms with Crippen LogP contribution in [0, 0.1) is 0 Å². The number of hydrogen-bond acceptors (Lipinski definition) is 4. The first-order valence-electron chi connectivity index (χ1n) is 9.78. The minimum Gasteiger partial charge on any atom is -0.223 e. The number of sulfone groups is 1. The third kappa shape index (κ3) is 4.22. The molecule has 1 heterocycles. The molecule has 1 aromatic heterocycles. The lowest BCUT2D eigenvalue weighted by Crippen LogP contribution is -2.06. The molecule has 0 atom stereocenters. The zero-order valence-corrected chi connectivity index (χ0v) is 17.1. The highest BCUT2D eigenvalue weighted by Gasteiger charge is 2.18. The maximum Gasteiger partial charge on any atom is 0.182 e. The molecule has 148 valence electrons. The number of nitrogens with zero attached hydrogens (tertiary/aromatic N) is 3. The van der Waals surface area contributed by atoms with E-state index in [0.717, 1.165) is 41.3 Å². The van der Waals surface area contributed by atoms with E-state index in [1.807, 2.05) is 54.7 Å². The minimum absolute atomic E-state index is 0.0447. The third-order valence-corrected chi connectivity index (χ3v) is 6.66. The van der Waals surface area contributed by atoms with Crippen LogP contribution in [-0.2, 0) is 22.0 Å². The van der Waals surface area contributed by atoms with E-state index in [1.165, 1.54) is 0 Å². The molecule has 6 heteroatoms. The Bertz CT molecular complexity index is 1240. The number of unbranched alkanes of at least 4 members (excludes halogenated alkanes) is 1. The molecule has 0 N–H and O–H groups in total. The first-order valence-corrected chi connectivity index (χ1v) is 11.4. The average molecular weight is 406 g/mol. The molecule has 0 amide bonds. The van der Waals surface area contributed by atoms with Gasteiger partial charge in [-0.25, -0.2) is 13.1 Å². The van der Waals surface area contributed by atoms with Crippen LogP contribution < -0.4 is 0 Å². The van der Waals surface area contributed by atoms with Crippen molar-refractivity contribution in [2.24, 2.45) is 0 Å². The Morgan fingerprint density at radius 2 is 1.76 bits per heavy atom. The molecule has 3 aromatic carbocycles. The molecular formula is C23H23N3O2S. The zero-order chi connectivity index (χ0) is 20.3. The summed E-state index contributed by atoms with van der Waals surface area (Å²) in [5.74, 6) is -0.0447. The summed E-state index contributed by atoms with van der Waals surface area (Å²) in [4.78, 5) is 0.286. The molecule has 0 aliphatic rings. The first kappa shape index (κ1) is 19.3. The van der Waals surface area contributed by atoms with Gasteiger partial charge in [-0.2, -0.15) is 0 Å². The van der Waals surface area contributed by atoms with Gasteiger partial charge in [0.15, 0.2) is 9.84 Å². The smallest absolute Gasteiger partial charge is 0.182 e. The van der Waals surface area contributed by atoms with Gasteiger partial charge in [0.2, 0.25) is 0 Å². The van der Waals surface area contributed by atoms with E-state index in [4.69, 9.17) is 0 Å². The van der Waals surface area contributed by atoms with E-state index in [1.54, 1.807) is 22.9 Å². The third-order valence-electron chi connectivity index (χ3n) is 4.99. The SMILES string of the molecule is CCCCc1cn(-c2cccc(S(=O)(=O)Cc3cccc4ccccc34)c2)nn1. The van der Waals surface area contributed by atoms with Gasteiger partial charge in [-0.3, -0.25) is 0 Å². The Morgan fingerprint density at radius 3 is 2.62 bits per heavy atom. The van der Waals surface area contributed by atoms with Crippen LogP contribution in [0.3, 0.4) is 0 Å². The second kappa shape index (κ2) is 8.17. The standard InChI is InChI=1S/C23H23N3O2S/c1-2-3-11-20-16-26(25-24-20)21-12-7-13-22(15-21)29(27,28)17-19-10-6-9-18-8-4-5-14-23(18)19/h4-10,12-16H,2-3,11,17H2,1H3. The molecular weight excluding hydrogens is 382 g/mol. The van der Waals surface area contributed by atoms with Crippen molar-refractivity contribution >= 4 is 20.6 Å². The van der Waals surface area contributed by atoms with Crippen molar-refractivity contribution in [1.29, 1.82) is 0 Å². The van der Waals surface area contributed by atoms with Crippen LogP contribution in [-0.4, -0.2) is 23.4 Å². The molecule has 0 aliphatic carbocycles. The number of rotatable bonds is 7. The second-order valence-electron chi connectivity index (χ2n) is 7.15. The van der Waals surface area contributed by atoms with E-state index >= 15 is 0 Å². The van der Waals surface area contributed by atoms with Gasteiger partial charge in [-0.15, -0.1) is 5.10 Å². The van der Waals surface area contributed by atoms with Crippen molar-refractivity contribution < 1.29 is 8.42 Å². The summed E-state index contributed by atoms with van der Waals surface area (Å²) < 4.78 is 27.9. The number of fused-ring (bicyclic) bond motifs is 1. The molecule has 0 radical (unpaired) electrons. The van der Waals surface area contributed by atoms with Gasteiger partial charge in [0.1, 0.15) is 0 Å². The van der Waals surface area contributed by atoms with Gasteiger partial charge in [0, 0.05) is 0 Å². The van der Waals surface area contributed by atoms with Crippen molar-refractivity contribution in [3.05, 3.63) is 84.2 Å². The van der Waals surface area contributed by atoms with Crippen LogP contribution in [0.5, 0.6) is 0 Å². The molecule has 0 unspecified atom stereocenters. The largest absolute Gasteiger partial charge is 0.223 e. The number of hydrogen-bond donors (Lipinski definition) is 0. The highest BCUT2D eigenvalue weighted by Crippen LogP contribution is 2.24. The van der Waals surface area contributed by atoms with E-state index in [2.05, 4.69) is 17.2 Å². The number of aryl methyl sites for hydroxylation is 1.